The average molecular weight is 266 g/mol. The van der Waals surface area contributed by atoms with Gasteiger partial charge >= 0.3 is 0 Å². The van der Waals surface area contributed by atoms with E-state index in [1.54, 1.807) is 0 Å². The summed E-state index contributed by atoms with van der Waals surface area (Å²) in [6.45, 7) is 9.75. The van der Waals surface area contributed by atoms with Gasteiger partial charge in [-0.1, -0.05) is 20.8 Å². The minimum atomic E-state index is -0.210. The van der Waals surface area contributed by atoms with Crippen LogP contribution in [0.5, 0.6) is 0 Å². The van der Waals surface area contributed by atoms with Gasteiger partial charge in [0.1, 0.15) is 11.9 Å². The monoisotopic (exact) mass is 266 g/mol. The van der Waals surface area contributed by atoms with E-state index in [-0.39, 0.29) is 17.1 Å². The van der Waals surface area contributed by atoms with Crippen LogP contribution in [0, 0.1) is 5.41 Å². The largest absolute Gasteiger partial charge is 0.376 e. The number of nitrogens with one attached hydrogen (secondary N) is 1. The molecule has 1 N–H and O–H groups in total. The third kappa shape index (κ3) is 3.04. The van der Waals surface area contributed by atoms with Crippen LogP contribution in [0.2, 0.25) is 0 Å². The Bertz CT molecular complexity index is 502. The lowest BCUT2D eigenvalue weighted by Crippen LogP contribution is -2.30. The van der Waals surface area contributed by atoms with Gasteiger partial charge in [-0.05, 0) is 12.3 Å². The molecule has 0 fully saturated rings. The van der Waals surface area contributed by atoms with Crippen molar-refractivity contribution >= 4 is 0 Å². The van der Waals surface area contributed by atoms with Gasteiger partial charge in [-0.25, -0.2) is 4.98 Å². The SMILES string of the molecule is CCOC(c1nc2c(c(=O)[nH]1)COCC2)C(C)(C)C. The minimum absolute atomic E-state index is 0.103. The Balaban J connectivity index is 2.44. The molecule has 0 bridgehead atoms. The lowest BCUT2D eigenvalue weighted by Gasteiger charge is -2.30. The second kappa shape index (κ2) is 5.43. The van der Waals surface area contributed by atoms with Crippen LogP contribution in [-0.4, -0.2) is 23.2 Å². The highest BCUT2D eigenvalue weighted by atomic mass is 16.5. The second-order valence-corrected chi connectivity index (χ2v) is 5.88. The van der Waals surface area contributed by atoms with Crippen LogP contribution in [0.15, 0.2) is 4.79 Å². The molecule has 1 aliphatic rings. The van der Waals surface area contributed by atoms with E-state index in [2.05, 4.69) is 30.7 Å². The van der Waals surface area contributed by atoms with E-state index in [0.717, 1.165) is 5.69 Å². The first kappa shape index (κ1) is 14.2. The number of hydrogen-bond acceptors (Lipinski definition) is 4. The molecule has 0 saturated heterocycles. The highest BCUT2D eigenvalue weighted by molar-refractivity contribution is 5.20. The molecular weight excluding hydrogens is 244 g/mol. The number of aromatic nitrogens is 2. The van der Waals surface area contributed by atoms with Crippen molar-refractivity contribution in [3.05, 3.63) is 27.4 Å². The van der Waals surface area contributed by atoms with Gasteiger partial charge in [0.25, 0.3) is 5.56 Å². The number of nitrogens with zero attached hydrogens (tertiary/aromatic N) is 1. The molecule has 0 saturated carbocycles. The van der Waals surface area contributed by atoms with Crippen LogP contribution in [0.1, 0.15) is 50.9 Å². The van der Waals surface area contributed by atoms with Crippen molar-refractivity contribution in [3.8, 4) is 0 Å². The Morgan fingerprint density at radius 1 is 1.47 bits per heavy atom. The molecule has 0 aliphatic carbocycles. The first-order valence-electron chi connectivity index (χ1n) is 6.74. The maximum Gasteiger partial charge on any atom is 0.256 e. The smallest absolute Gasteiger partial charge is 0.256 e. The number of aromatic amines is 1. The standard InChI is InChI=1S/C14H22N2O3/c1-5-19-11(14(2,3)4)12-15-10-6-7-18-8-9(10)13(17)16-12/h11H,5-8H2,1-4H3,(H,15,16,17). The zero-order valence-electron chi connectivity index (χ0n) is 12.1. The first-order chi connectivity index (χ1) is 8.93. The van der Waals surface area contributed by atoms with E-state index >= 15 is 0 Å². The molecule has 5 nitrogen and oxygen atoms in total. The Kier molecular flexibility index (Phi) is 4.06. The fourth-order valence-corrected chi connectivity index (χ4v) is 2.29. The molecular formula is C14H22N2O3. The molecule has 2 rings (SSSR count). The Morgan fingerprint density at radius 3 is 2.84 bits per heavy atom. The average Bonchev–Trinajstić information content (AvgIpc) is 2.34. The van der Waals surface area contributed by atoms with Gasteiger partial charge < -0.3 is 14.5 Å². The number of ether oxygens (including phenoxy) is 2. The third-order valence-electron chi connectivity index (χ3n) is 3.22. The molecule has 0 aromatic carbocycles. The zero-order valence-corrected chi connectivity index (χ0v) is 12.1. The van der Waals surface area contributed by atoms with Gasteiger partial charge in [-0.3, -0.25) is 4.79 Å². The molecule has 1 unspecified atom stereocenters. The summed E-state index contributed by atoms with van der Waals surface area (Å²) < 4.78 is 11.1. The molecule has 1 aliphatic heterocycles. The molecule has 0 radical (unpaired) electrons. The van der Waals surface area contributed by atoms with Crippen LogP contribution in [0.3, 0.4) is 0 Å². The van der Waals surface area contributed by atoms with E-state index in [1.807, 2.05) is 6.92 Å². The molecule has 5 heteroatoms. The lowest BCUT2D eigenvalue weighted by molar-refractivity contribution is -0.0197. The summed E-state index contributed by atoms with van der Waals surface area (Å²) in [7, 11) is 0. The maximum atomic E-state index is 12.1. The Hall–Kier alpha value is -1.20. The van der Waals surface area contributed by atoms with Crippen LogP contribution in [-0.2, 0) is 22.5 Å². The van der Waals surface area contributed by atoms with Gasteiger partial charge in [0, 0.05) is 13.0 Å². The van der Waals surface area contributed by atoms with Gasteiger partial charge in [-0.15, -0.1) is 0 Å². The number of fused-ring (bicyclic) bond motifs is 1. The Morgan fingerprint density at radius 2 is 2.21 bits per heavy atom. The summed E-state index contributed by atoms with van der Waals surface area (Å²) in [6.07, 6.45) is 0.480. The predicted octanol–water partition coefficient (Wildman–Crippen LogP) is 1.97. The molecule has 19 heavy (non-hydrogen) atoms. The van der Waals surface area contributed by atoms with Gasteiger partial charge in [0.15, 0.2) is 0 Å². The molecule has 1 aromatic rings. The van der Waals surface area contributed by atoms with Crippen molar-refractivity contribution in [3.63, 3.8) is 0 Å². The van der Waals surface area contributed by atoms with Crippen LogP contribution in [0.25, 0.3) is 0 Å². The van der Waals surface area contributed by atoms with E-state index in [0.29, 0.717) is 37.6 Å². The topological polar surface area (TPSA) is 64.2 Å². The first-order valence-corrected chi connectivity index (χ1v) is 6.74. The second-order valence-electron chi connectivity index (χ2n) is 5.88. The van der Waals surface area contributed by atoms with E-state index in [4.69, 9.17) is 9.47 Å². The summed E-state index contributed by atoms with van der Waals surface area (Å²) in [4.78, 5) is 19.5. The number of hydrogen-bond donors (Lipinski definition) is 1. The third-order valence-corrected chi connectivity index (χ3v) is 3.22. The van der Waals surface area contributed by atoms with Gasteiger partial charge in [0.2, 0.25) is 0 Å². The molecule has 1 atom stereocenters. The van der Waals surface area contributed by atoms with Gasteiger partial charge in [0.05, 0.1) is 24.5 Å². The predicted molar refractivity (Wildman–Crippen MR) is 72.0 cm³/mol. The summed E-state index contributed by atoms with van der Waals surface area (Å²) in [5.41, 5.74) is 1.28. The van der Waals surface area contributed by atoms with Crippen molar-refractivity contribution in [1.82, 2.24) is 9.97 Å². The minimum Gasteiger partial charge on any atom is -0.376 e. The van der Waals surface area contributed by atoms with Crippen LogP contribution >= 0.6 is 0 Å². The molecule has 106 valence electrons. The van der Waals surface area contributed by atoms with Crippen LogP contribution < -0.4 is 5.56 Å². The summed E-state index contributed by atoms with van der Waals surface area (Å²) in [6, 6.07) is 0. The van der Waals surface area contributed by atoms with Crippen molar-refractivity contribution in [2.75, 3.05) is 13.2 Å². The molecule has 0 amide bonds. The molecule has 2 heterocycles. The summed E-state index contributed by atoms with van der Waals surface area (Å²) in [5.74, 6) is 0.625. The van der Waals surface area contributed by atoms with Crippen molar-refractivity contribution in [1.29, 1.82) is 0 Å². The van der Waals surface area contributed by atoms with E-state index in [1.165, 1.54) is 0 Å². The van der Waals surface area contributed by atoms with Crippen molar-refractivity contribution in [2.24, 2.45) is 5.41 Å². The maximum absolute atomic E-state index is 12.1. The highest BCUT2D eigenvalue weighted by Gasteiger charge is 2.30. The van der Waals surface area contributed by atoms with E-state index in [9.17, 15) is 4.79 Å². The van der Waals surface area contributed by atoms with Crippen molar-refractivity contribution in [2.45, 2.75) is 46.8 Å². The molecule has 0 spiro atoms. The normalized spacial score (nSPS) is 17.1. The summed E-state index contributed by atoms with van der Waals surface area (Å²) >= 11 is 0. The number of rotatable bonds is 3. The zero-order chi connectivity index (χ0) is 14.0. The fourth-order valence-electron chi connectivity index (χ4n) is 2.29. The highest BCUT2D eigenvalue weighted by Crippen LogP contribution is 2.34. The van der Waals surface area contributed by atoms with Gasteiger partial charge in [-0.2, -0.15) is 0 Å². The lowest BCUT2D eigenvalue weighted by atomic mass is 9.88. The van der Waals surface area contributed by atoms with Crippen molar-refractivity contribution < 1.29 is 9.47 Å². The summed E-state index contributed by atoms with van der Waals surface area (Å²) in [5, 5.41) is 0. The molecule has 1 aromatic heterocycles. The quantitative estimate of drug-likeness (QED) is 0.908. The van der Waals surface area contributed by atoms with Crippen LogP contribution in [0.4, 0.5) is 0 Å². The Labute approximate surface area is 113 Å². The fraction of sp³-hybridized carbons (Fsp3) is 0.714. The number of H-pyrrole nitrogens is 1. The van der Waals surface area contributed by atoms with E-state index < -0.39 is 0 Å².